The van der Waals surface area contributed by atoms with Crippen molar-refractivity contribution in [1.29, 1.82) is 0 Å². The Morgan fingerprint density at radius 3 is 3.05 bits per heavy atom. The first kappa shape index (κ1) is 15.0. The second kappa shape index (κ2) is 7.40. The highest BCUT2D eigenvalue weighted by atomic mass is 16.5. The van der Waals surface area contributed by atoms with E-state index in [-0.39, 0.29) is 12.0 Å². The normalized spacial score (nSPS) is 19.2. The molecule has 1 amide bonds. The van der Waals surface area contributed by atoms with Crippen LogP contribution in [0.3, 0.4) is 0 Å². The van der Waals surface area contributed by atoms with Crippen molar-refractivity contribution < 1.29 is 9.53 Å². The Morgan fingerprint density at radius 2 is 2.45 bits per heavy atom. The zero-order valence-electron chi connectivity index (χ0n) is 12.3. The van der Waals surface area contributed by atoms with Crippen LogP contribution in [0.25, 0.3) is 0 Å². The van der Waals surface area contributed by atoms with E-state index in [2.05, 4.69) is 22.2 Å². The van der Waals surface area contributed by atoms with E-state index in [0.29, 0.717) is 12.4 Å². The van der Waals surface area contributed by atoms with Crippen LogP contribution in [0, 0.1) is 0 Å². The monoisotopic (exact) mass is 280 g/mol. The van der Waals surface area contributed by atoms with E-state index >= 15 is 0 Å². The minimum absolute atomic E-state index is 0.0265. The molecule has 0 aliphatic carbocycles. The Morgan fingerprint density at radius 1 is 1.60 bits per heavy atom. The molecule has 0 spiro atoms. The summed E-state index contributed by atoms with van der Waals surface area (Å²) < 4.78 is 7.39. The van der Waals surface area contributed by atoms with Crippen LogP contribution in [0.1, 0.15) is 26.2 Å². The van der Waals surface area contributed by atoms with Crippen LogP contribution >= 0.6 is 0 Å². The lowest BCUT2D eigenvalue weighted by Gasteiger charge is -2.28. The summed E-state index contributed by atoms with van der Waals surface area (Å²) in [6, 6.07) is 1.79. The lowest BCUT2D eigenvalue weighted by molar-refractivity contribution is -0.117. The van der Waals surface area contributed by atoms with Crippen LogP contribution in [-0.2, 0) is 16.6 Å². The van der Waals surface area contributed by atoms with Crippen molar-refractivity contribution in [2.24, 2.45) is 7.05 Å². The number of rotatable bonds is 6. The van der Waals surface area contributed by atoms with Gasteiger partial charge in [-0.25, -0.2) is 0 Å². The van der Waals surface area contributed by atoms with Gasteiger partial charge >= 0.3 is 0 Å². The topological polar surface area (TPSA) is 59.4 Å². The van der Waals surface area contributed by atoms with Gasteiger partial charge in [-0.3, -0.25) is 14.4 Å². The Bertz CT molecular complexity index is 427. The number of hydrogen-bond acceptors (Lipinski definition) is 4. The van der Waals surface area contributed by atoms with Crippen molar-refractivity contribution in [3.05, 3.63) is 12.3 Å². The highest BCUT2D eigenvalue weighted by Gasteiger charge is 2.18. The third kappa shape index (κ3) is 4.61. The Labute approximate surface area is 120 Å². The summed E-state index contributed by atoms with van der Waals surface area (Å²) in [5.41, 5.74) is 0. The summed E-state index contributed by atoms with van der Waals surface area (Å²) in [7, 11) is 1.83. The number of hydrogen-bond donors (Lipinski definition) is 1. The predicted octanol–water partition coefficient (Wildman–Crippen LogP) is 1.25. The lowest BCUT2D eigenvalue weighted by Crippen LogP contribution is -2.40. The number of aryl methyl sites for hydroxylation is 1. The number of anilines is 1. The number of aromatic nitrogens is 2. The van der Waals surface area contributed by atoms with E-state index in [1.807, 2.05) is 13.2 Å². The van der Waals surface area contributed by atoms with E-state index < -0.39 is 0 Å². The van der Waals surface area contributed by atoms with E-state index in [9.17, 15) is 4.79 Å². The van der Waals surface area contributed by atoms with Crippen LogP contribution in [0.15, 0.2) is 12.3 Å². The number of ether oxygens (including phenoxy) is 1. The minimum Gasteiger partial charge on any atom is -0.377 e. The molecule has 0 unspecified atom stereocenters. The fourth-order valence-corrected chi connectivity index (χ4v) is 2.41. The predicted molar refractivity (Wildman–Crippen MR) is 77.5 cm³/mol. The Kier molecular flexibility index (Phi) is 5.55. The Hall–Kier alpha value is -1.40. The second-order valence-corrected chi connectivity index (χ2v) is 5.24. The molecule has 2 rings (SSSR count). The molecule has 0 bridgehead atoms. The second-order valence-electron chi connectivity index (χ2n) is 5.24. The van der Waals surface area contributed by atoms with Crippen molar-refractivity contribution >= 4 is 11.7 Å². The first-order valence-corrected chi connectivity index (χ1v) is 7.31. The summed E-state index contributed by atoms with van der Waals surface area (Å²) in [6.07, 6.45) is 5.55. The van der Waals surface area contributed by atoms with Gasteiger partial charge in [0.05, 0.1) is 12.6 Å². The number of likely N-dealkylation sites (N-methyl/N-ethyl adjacent to an activating group) is 1. The van der Waals surface area contributed by atoms with Crippen molar-refractivity contribution in [1.82, 2.24) is 14.7 Å². The van der Waals surface area contributed by atoms with Crippen molar-refractivity contribution in [3.8, 4) is 0 Å². The van der Waals surface area contributed by atoms with Gasteiger partial charge in [-0.1, -0.05) is 6.92 Å². The maximum atomic E-state index is 12.0. The quantitative estimate of drug-likeness (QED) is 0.852. The standard InChI is InChI=1S/C14H24N4O2/c1-3-18(10-12-6-4-5-9-20-12)11-14(19)15-13-7-8-17(2)16-13/h7-8,12H,3-6,9-11H2,1-2H3,(H,15,16,19)/t12-/m1/s1. The summed E-state index contributed by atoms with van der Waals surface area (Å²) in [4.78, 5) is 14.1. The molecule has 1 N–H and O–H groups in total. The molecule has 1 aliphatic rings. The van der Waals surface area contributed by atoms with Gasteiger partial charge in [-0.15, -0.1) is 0 Å². The molecule has 0 saturated carbocycles. The number of amides is 1. The highest BCUT2D eigenvalue weighted by Crippen LogP contribution is 2.13. The fraction of sp³-hybridized carbons (Fsp3) is 0.714. The zero-order chi connectivity index (χ0) is 14.4. The maximum absolute atomic E-state index is 12.0. The van der Waals surface area contributed by atoms with Gasteiger partial charge < -0.3 is 10.1 Å². The molecule has 1 aliphatic heterocycles. The molecule has 0 radical (unpaired) electrons. The smallest absolute Gasteiger partial charge is 0.239 e. The van der Waals surface area contributed by atoms with Crippen LogP contribution in [0.5, 0.6) is 0 Å². The molecular formula is C14H24N4O2. The Balaban J connectivity index is 1.78. The molecule has 2 heterocycles. The summed E-state index contributed by atoms with van der Waals surface area (Å²) in [5, 5.41) is 6.95. The van der Waals surface area contributed by atoms with E-state index in [1.165, 1.54) is 6.42 Å². The molecule has 6 heteroatoms. The van der Waals surface area contributed by atoms with E-state index in [0.717, 1.165) is 32.5 Å². The van der Waals surface area contributed by atoms with Crippen molar-refractivity contribution in [2.75, 3.05) is 31.6 Å². The number of nitrogens with zero attached hydrogens (tertiary/aromatic N) is 3. The average molecular weight is 280 g/mol. The molecular weight excluding hydrogens is 256 g/mol. The summed E-state index contributed by atoms with van der Waals surface area (Å²) in [5.74, 6) is 0.573. The molecule has 6 nitrogen and oxygen atoms in total. The molecule has 1 aromatic heterocycles. The maximum Gasteiger partial charge on any atom is 0.239 e. The first-order chi connectivity index (χ1) is 9.67. The number of carbonyl (C=O) groups excluding carboxylic acids is 1. The van der Waals surface area contributed by atoms with Gasteiger partial charge in [0, 0.05) is 32.5 Å². The van der Waals surface area contributed by atoms with Gasteiger partial charge in [0.1, 0.15) is 0 Å². The van der Waals surface area contributed by atoms with Gasteiger partial charge in [0.2, 0.25) is 5.91 Å². The highest BCUT2D eigenvalue weighted by molar-refractivity contribution is 5.91. The van der Waals surface area contributed by atoms with Crippen molar-refractivity contribution in [3.63, 3.8) is 0 Å². The third-order valence-corrected chi connectivity index (χ3v) is 3.53. The molecule has 1 fully saturated rings. The molecule has 1 saturated heterocycles. The fourth-order valence-electron chi connectivity index (χ4n) is 2.41. The minimum atomic E-state index is -0.0265. The summed E-state index contributed by atoms with van der Waals surface area (Å²) in [6.45, 7) is 4.97. The third-order valence-electron chi connectivity index (χ3n) is 3.53. The molecule has 0 aromatic carbocycles. The van der Waals surface area contributed by atoms with E-state index in [4.69, 9.17) is 4.74 Å². The zero-order valence-corrected chi connectivity index (χ0v) is 12.3. The average Bonchev–Trinajstić information content (AvgIpc) is 2.84. The summed E-state index contributed by atoms with van der Waals surface area (Å²) >= 11 is 0. The van der Waals surface area contributed by atoms with Gasteiger partial charge in [0.15, 0.2) is 5.82 Å². The van der Waals surface area contributed by atoms with Gasteiger partial charge in [-0.05, 0) is 25.8 Å². The van der Waals surface area contributed by atoms with Crippen LogP contribution in [0.2, 0.25) is 0 Å². The molecule has 1 atom stereocenters. The van der Waals surface area contributed by atoms with Gasteiger partial charge in [-0.2, -0.15) is 5.10 Å². The molecule has 1 aromatic rings. The largest absolute Gasteiger partial charge is 0.377 e. The lowest BCUT2D eigenvalue weighted by atomic mass is 10.1. The molecule has 20 heavy (non-hydrogen) atoms. The van der Waals surface area contributed by atoms with Crippen molar-refractivity contribution in [2.45, 2.75) is 32.3 Å². The SMILES string of the molecule is CCN(CC(=O)Nc1ccn(C)n1)C[C@H]1CCCCO1. The number of carbonyl (C=O) groups is 1. The van der Waals surface area contributed by atoms with Crippen LogP contribution in [-0.4, -0.2) is 52.9 Å². The first-order valence-electron chi connectivity index (χ1n) is 7.31. The van der Waals surface area contributed by atoms with Gasteiger partial charge in [0.25, 0.3) is 0 Å². The van der Waals surface area contributed by atoms with Crippen LogP contribution in [0.4, 0.5) is 5.82 Å². The molecule has 112 valence electrons. The number of nitrogens with one attached hydrogen (secondary N) is 1. The van der Waals surface area contributed by atoms with Crippen LogP contribution < -0.4 is 5.32 Å². The van der Waals surface area contributed by atoms with E-state index in [1.54, 1.807) is 10.7 Å².